The molecule has 4 heterocycles. The molecular formula is C28H34ClFN6O6. The van der Waals surface area contributed by atoms with Crippen molar-refractivity contribution in [2.24, 2.45) is 0 Å². The van der Waals surface area contributed by atoms with Crippen LogP contribution in [0.1, 0.15) is 47.6 Å². The maximum absolute atomic E-state index is 14.4. The summed E-state index contributed by atoms with van der Waals surface area (Å²) in [5.41, 5.74) is -2.93. The van der Waals surface area contributed by atoms with E-state index >= 15 is 0 Å². The first-order valence-electron chi connectivity index (χ1n) is 13.8. The van der Waals surface area contributed by atoms with Crippen LogP contribution in [0.5, 0.6) is 5.75 Å². The van der Waals surface area contributed by atoms with E-state index in [-0.39, 0.29) is 29.5 Å². The number of morpholine rings is 1. The average molecular weight is 605 g/mol. The minimum atomic E-state index is -1.20. The molecule has 6 rings (SSSR count). The highest BCUT2D eigenvalue weighted by Gasteiger charge is 2.56. The number of amides is 3. The van der Waals surface area contributed by atoms with Crippen molar-refractivity contribution >= 4 is 29.3 Å². The van der Waals surface area contributed by atoms with Gasteiger partial charge in [0.1, 0.15) is 17.2 Å². The van der Waals surface area contributed by atoms with Crippen molar-refractivity contribution in [3.63, 3.8) is 0 Å². The molecule has 0 unspecified atom stereocenters. The van der Waals surface area contributed by atoms with Gasteiger partial charge in [-0.15, -0.1) is 0 Å². The van der Waals surface area contributed by atoms with Crippen LogP contribution in [-0.4, -0.2) is 100 Å². The molecule has 2 N–H and O–H groups in total. The zero-order valence-corrected chi connectivity index (χ0v) is 24.5. The first-order valence-corrected chi connectivity index (χ1v) is 14.2. The van der Waals surface area contributed by atoms with Gasteiger partial charge in [0.2, 0.25) is 5.75 Å². The molecule has 42 heavy (non-hydrogen) atoms. The Labute approximate surface area is 247 Å². The Kier molecular flexibility index (Phi) is 8.03. The molecule has 2 fully saturated rings. The first kappa shape index (κ1) is 29.9. The topological polar surface area (TPSA) is 137 Å². The van der Waals surface area contributed by atoms with Gasteiger partial charge in [-0.1, -0.05) is 23.7 Å². The molecule has 0 spiro atoms. The monoisotopic (exact) mass is 604 g/mol. The molecule has 226 valence electrons. The van der Waals surface area contributed by atoms with E-state index in [1.165, 1.54) is 53.7 Å². The number of likely N-dealkylation sites (N-methyl/N-ethyl adjacent to an activating group) is 2. The van der Waals surface area contributed by atoms with E-state index in [9.17, 15) is 28.7 Å². The summed E-state index contributed by atoms with van der Waals surface area (Å²) in [6.07, 6.45) is 1.92. The second kappa shape index (κ2) is 11.3. The van der Waals surface area contributed by atoms with Gasteiger partial charge in [0.05, 0.1) is 18.2 Å². The van der Waals surface area contributed by atoms with E-state index in [0.717, 1.165) is 0 Å². The van der Waals surface area contributed by atoms with Crippen molar-refractivity contribution in [3.8, 4) is 5.75 Å². The molecule has 1 saturated heterocycles. The largest absolute Gasteiger partial charge is 0.501 e. The van der Waals surface area contributed by atoms with Crippen molar-refractivity contribution < 1.29 is 28.6 Å². The van der Waals surface area contributed by atoms with E-state index in [2.05, 4.69) is 15.2 Å². The van der Waals surface area contributed by atoms with Crippen LogP contribution in [0, 0.1) is 5.82 Å². The number of rotatable bonds is 5. The lowest BCUT2D eigenvalue weighted by Crippen LogP contribution is -2.59. The van der Waals surface area contributed by atoms with Crippen LogP contribution in [-0.2, 0) is 33.0 Å². The van der Waals surface area contributed by atoms with Gasteiger partial charge in [0.25, 0.3) is 11.5 Å². The highest BCUT2D eigenvalue weighted by Crippen LogP contribution is 2.50. The average Bonchev–Trinajstić information content (AvgIpc) is 3.23. The number of nitrogens with one attached hydrogen (secondary N) is 1. The molecule has 14 heteroatoms. The Morgan fingerprint density at radius 1 is 1.12 bits per heavy atom. The van der Waals surface area contributed by atoms with Gasteiger partial charge < -0.3 is 25.0 Å². The van der Waals surface area contributed by atoms with Crippen LogP contribution in [0.15, 0.2) is 23.0 Å². The molecule has 4 aliphatic rings. The Balaban J connectivity index is 1.59. The summed E-state index contributed by atoms with van der Waals surface area (Å²) < 4.78 is 21.3. The van der Waals surface area contributed by atoms with Crippen LogP contribution < -0.4 is 10.9 Å². The van der Waals surface area contributed by atoms with Gasteiger partial charge in [-0.3, -0.25) is 28.6 Å². The van der Waals surface area contributed by atoms with Gasteiger partial charge in [-0.25, -0.2) is 9.37 Å². The molecule has 1 aliphatic carbocycles. The maximum atomic E-state index is 14.4. The Morgan fingerprint density at radius 2 is 1.79 bits per heavy atom. The highest BCUT2D eigenvalue weighted by atomic mass is 35.5. The zero-order chi connectivity index (χ0) is 30.4. The smallest absolute Gasteiger partial charge is 0.312 e. The number of nitrogens with zero attached hydrogens (tertiary/aromatic N) is 5. The molecule has 0 atom stereocenters. The highest BCUT2D eigenvalue weighted by molar-refractivity contribution is 6.34. The number of benzene rings is 1. The molecule has 2 bridgehead atoms. The number of ether oxygens (including phenoxy) is 1. The van der Waals surface area contributed by atoms with E-state index in [4.69, 9.17) is 16.3 Å². The van der Waals surface area contributed by atoms with Crippen molar-refractivity contribution in [3.05, 3.63) is 56.5 Å². The van der Waals surface area contributed by atoms with Crippen molar-refractivity contribution in [2.75, 3.05) is 47.4 Å². The molecule has 1 aromatic heterocycles. The summed E-state index contributed by atoms with van der Waals surface area (Å²) in [5.74, 6) is -3.85. The van der Waals surface area contributed by atoms with Gasteiger partial charge in [0.15, 0.2) is 5.69 Å². The maximum Gasteiger partial charge on any atom is 0.312 e. The van der Waals surface area contributed by atoms with Gasteiger partial charge in [0, 0.05) is 58.4 Å². The molecule has 12 nitrogen and oxygen atoms in total. The minimum Gasteiger partial charge on any atom is -0.501 e. The van der Waals surface area contributed by atoms with E-state index < -0.39 is 51.6 Å². The van der Waals surface area contributed by atoms with Gasteiger partial charge >= 0.3 is 11.8 Å². The lowest BCUT2D eigenvalue weighted by atomic mass is 9.71. The number of halogens is 2. The molecule has 1 aromatic carbocycles. The second-order valence-electron chi connectivity index (χ2n) is 11.3. The minimum absolute atomic E-state index is 0.108. The zero-order valence-electron chi connectivity index (χ0n) is 23.8. The lowest BCUT2D eigenvalue weighted by molar-refractivity contribution is -0.155. The van der Waals surface area contributed by atoms with Crippen LogP contribution in [0.2, 0.25) is 5.02 Å². The normalized spacial score (nSPS) is 23.5. The molecule has 3 aliphatic heterocycles. The SMILES string of the molecule is CN(C)C(=O)C(=O)N(C)C12CCC(N3CCOCC3)(CC1)Cn1c2nc(C(=O)NCc2cccc(Cl)c2F)c(O)c1=O. The molecule has 0 radical (unpaired) electrons. The van der Waals surface area contributed by atoms with Gasteiger partial charge in [-0.05, 0) is 31.7 Å². The summed E-state index contributed by atoms with van der Waals surface area (Å²) in [4.78, 5) is 62.5. The Bertz CT molecular complexity index is 1480. The number of fused-ring (bicyclic) bond motifs is 2. The Hall–Kier alpha value is -3.55. The summed E-state index contributed by atoms with van der Waals surface area (Å²) in [7, 11) is 4.45. The number of hydrogen-bond donors (Lipinski definition) is 2. The molecule has 2 aromatic rings. The number of carbonyl (C=O) groups excluding carboxylic acids is 3. The predicted octanol–water partition coefficient (Wildman–Crippen LogP) is 1.07. The third-order valence-electron chi connectivity index (χ3n) is 8.93. The van der Waals surface area contributed by atoms with Crippen molar-refractivity contribution in [1.29, 1.82) is 0 Å². The third-order valence-corrected chi connectivity index (χ3v) is 9.22. The van der Waals surface area contributed by atoms with Crippen LogP contribution in [0.4, 0.5) is 4.39 Å². The number of aromatic hydroxyl groups is 1. The van der Waals surface area contributed by atoms with E-state index in [0.29, 0.717) is 52.0 Å². The van der Waals surface area contributed by atoms with Crippen molar-refractivity contribution in [2.45, 2.75) is 49.9 Å². The summed E-state index contributed by atoms with van der Waals surface area (Å²) in [6, 6.07) is 4.35. The van der Waals surface area contributed by atoms with Crippen LogP contribution in [0.3, 0.4) is 0 Å². The second-order valence-corrected chi connectivity index (χ2v) is 11.7. The molecule has 3 amide bonds. The van der Waals surface area contributed by atoms with Crippen molar-refractivity contribution in [1.82, 2.24) is 29.6 Å². The summed E-state index contributed by atoms with van der Waals surface area (Å²) in [5, 5.41) is 13.4. The quantitative estimate of drug-likeness (QED) is 0.484. The fourth-order valence-corrected chi connectivity index (χ4v) is 6.62. The van der Waals surface area contributed by atoms with E-state index in [1.54, 1.807) is 0 Å². The van der Waals surface area contributed by atoms with Crippen LogP contribution >= 0.6 is 11.6 Å². The fourth-order valence-electron chi connectivity index (χ4n) is 6.42. The van der Waals surface area contributed by atoms with E-state index in [1.807, 2.05) is 0 Å². The molecule has 1 saturated carbocycles. The predicted molar refractivity (Wildman–Crippen MR) is 149 cm³/mol. The number of carbonyl (C=O) groups is 3. The summed E-state index contributed by atoms with van der Waals surface area (Å²) in [6.45, 7) is 2.31. The fraction of sp³-hybridized carbons (Fsp3) is 0.536. The third kappa shape index (κ3) is 4.92. The lowest BCUT2D eigenvalue weighted by Gasteiger charge is -2.51. The van der Waals surface area contributed by atoms with Gasteiger partial charge in [-0.2, -0.15) is 0 Å². The molecular weight excluding hydrogens is 571 g/mol. The standard InChI is InChI=1S/C28H34ClFN6O6/c1-33(2)24(40)25(41)34(3)28-9-7-27(8-10-28,35-11-13-42-14-12-35)16-36-23(39)21(37)20(32-26(28)36)22(38)31-15-17-5-4-6-18(29)19(17)30/h4-6,37H,7-16H2,1-3H3,(H,31,38). The summed E-state index contributed by atoms with van der Waals surface area (Å²) >= 11 is 5.85. The van der Waals surface area contributed by atoms with Crippen LogP contribution in [0.25, 0.3) is 0 Å². The first-order chi connectivity index (χ1) is 19.9. The Morgan fingerprint density at radius 3 is 2.43 bits per heavy atom. The number of aromatic nitrogens is 2. The number of hydrogen-bond acceptors (Lipinski definition) is 8.